The van der Waals surface area contributed by atoms with Crippen molar-refractivity contribution in [2.75, 3.05) is 7.05 Å². The van der Waals surface area contributed by atoms with Crippen molar-refractivity contribution in [1.29, 1.82) is 0 Å². The minimum atomic E-state index is -0.347. The summed E-state index contributed by atoms with van der Waals surface area (Å²) in [6.45, 7) is 11.9. The predicted octanol–water partition coefficient (Wildman–Crippen LogP) is 4.50. The molecule has 156 valence electrons. The first-order valence-electron chi connectivity index (χ1n) is 9.44. The lowest BCUT2D eigenvalue weighted by Crippen LogP contribution is -2.24. The second-order valence-corrected chi connectivity index (χ2v) is 9.24. The third-order valence-corrected chi connectivity index (χ3v) is 4.65. The Bertz CT molecular complexity index is 915. The fourth-order valence-electron chi connectivity index (χ4n) is 2.93. The van der Waals surface area contributed by atoms with E-state index >= 15 is 0 Å². The van der Waals surface area contributed by atoms with Gasteiger partial charge in [0.2, 0.25) is 0 Å². The number of carbonyl (C=O) groups excluding carboxylic acids is 1. The molecule has 0 aliphatic rings. The van der Waals surface area contributed by atoms with Gasteiger partial charge in [0, 0.05) is 35.4 Å². The van der Waals surface area contributed by atoms with Gasteiger partial charge in [-0.05, 0) is 35.1 Å². The smallest absolute Gasteiger partial charge is 0.273 e. The van der Waals surface area contributed by atoms with E-state index in [-0.39, 0.29) is 34.0 Å². The number of amides is 1. The van der Waals surface area contributed by atoms with E-state index in [2.05, 4.69) is 5.10 Å². The maximum Gasteiger partial charge on any atom is 0.273 e. The van der Waals surface area contributed by atoms with Gasteiger partial charge in [-0.3, -0.25) is 4.79 Å². The van der Waals surface area contributed by atoms with Crippen LogP contribution < -0.4 is 0 Å². The van der Waals surface area contributed by atoms with E-state index in [0.29, 0.717) is 22.3 Å². The third kappa shape index (κ3) is 5.08. The van der Waals surface area contributed by atoms with Crippen LogP contribution in [0, 0.1) is 0 Å². The molecule has 0 aliphatic carbocycles. The molecule has 0 aliphatic heterocycles. The van der Waals surface area contributed by atoms with Crippen LogP contribution in [0.25, 0.3) is 0 Å². The molecule has 1 amide bonds. The molecule has 6 nitrogen and oxygen atoms in total. The summed E-state index contributed by atoms with van der Waals surface area (Å²) in [5, 5.41) is 35.3. The van der Waals surface area contributed by atoms with E-state index in [9.17, 15) is 20.1 Å². The van der Waals surface area contributed by atoms with Gasteiger partial charge in [-0.1, -0.05) is 41.5 Å². The normalized spacial score (nSPS) is 12.4. The summed E-state index contributed by atoms with van der Waals surface area (Å²) in [5.74, 6) is -0.320. The first-order chi connectivity index (χ1) is 13.2. The van der Waals surface area contributed by atoms with Crippen LogP contribution in [0.15, 0.2) is 35.4 Å². The van der Waals surface area contributed by atoms with Crippen LogP contribution in [0.2, 0.25) is 0 Å². The lowest BCUT2D eigenvalue weighted by molar-refractivity contribution is 0.0800. The summed E-state index contributed by atoms with van der Waals surface area (Å²) >= 11 is 0. The van der Waals surface area contributed by atoms with Crippen LogP contribution in [-0.4, -0.2) is 39.5 Å². The SMILES string of the molecule is CN(N=Cc1ccc(O)cc1O)C(=O)c1cc(C(C)(C)C)c(O)c(C(C)(C)C)c1. The molecule has 0 atom stereocenters. The van der Waals surface area contributed by atoms with Gasteiger partial charge in [-0.25, -0.2) is 5.01 Å². The Morgan fingerprint density at radius 3 is 1.90 bits per heavy atom. The number of hydrogen-bond donors (Lipinski definition) is 3. The predicted molar refractivity (Wildman–Crippen MR) is 115 cm³/mol. The van der Waals surface area contributed by atoms with Crippen molar-refractivity contribution in [3.05, 3.63) is 52.6 Å². The summed E-state index contributed by atoms with van der Waals surface area (Å²) in [6, 6.07) is 7.54. The molecule has 0 bridgehead atoms. The molecule has 29 heavy (non-hydrogen) atoms. The molecular weight excluding hydrogens is 368 g/mol. The van der Waals surface area contributed by atoms with Gasteiger partial charge in [0.15, 0.2) is 0 Å². The van der Waals surface area contributed by atoms with Gasteiger partial charge in [0.05, 0.1) is 6.21 Å². The summed E-state index contributed by atoms with van der Waals surface area (Å²) in [6.07, 6.45) is 1.35. The maximum atomic E-state index is 13.0. The van der Waals surface area contributed by atoms with Crippen LogP contribution in [0.1, 0.15) is 68.6 Å². The zero-order valence-electron chi connectivity index (χ0n) is 18.1. The quantitative estimate of drug-likeness (QED) is 0.524. The number of benzene rings is 2. The van der Waals surface area contributed by atoms with Crippen LogP contribution in [0.5, 0.6) is 17.2 Å². The monoisotopic (exact) mass is 398 g/mol. The Morgan fingerprint density at radius 2 is 1.45 bits per heavy atom. The van der Waals surface area contributed by atoms with Crippen molar-refractivity contribution < 1.29 is 20.1 Å². The van der Waals surface area contributed by atoms with Crippen LogP contribution in [0.3, 0.4) is 0 Å². The van der Waals surface area contributed by atoms with Crippen molar-refractivity contribution in [1.82, 2.24) is 5.01 Å². The first-order valence-corrected chi connectivity index (χ1v) is 9.44. The number of phenolic OH excluding ortho intramolecular Hbond substituents is 3. The van der Waals surface area contributed by atoms with E-state index in [0.717, 1.165) is 0 Å². The van der Waals surface area contributed by atoms with Gasteiger partial charge >= 0.3 is 0 Å². The molecule has 0 spiro atoms. The third-order valence-electron chi connectivity index (χ3n) is 4.65. The zero-order chi connectivity index (χ0) is 22.1. The fraction of sp³-hybridized carbons (Fsp3) is 0.391. The highest BCUT2D eigenvalue weighted by molar-refractivity contribution is 5.96. The van der Waals surface area contributed by atoms with Gasteiger partial charge in [-0.15, -0.1) is 0 Å². The Labute approximate surface area is 172 Å². The standard InChI is InChI=1S/C23H30N2O4/c1-22(2,3)17-10-15(11-18(20(17)28)23(4,5)6)21(29)25(7)24-13-14-8-9-16(26)12-19(14)27/h8-13,26-28H,1-7H3. The second kappa shape index (κ2) is 7.78. The average Bonchev–Trinajstić information content (AvgIpc) is 2.58. The topological polar surface area (TPSA) is 93.4 Å². The van der Waals surface area contributed by atoms with Gasteiger partial charge < -0.3 is 15.3 Å². The highest BCUT2D eigenvalue weighted by atomic mass is 16.3. The number of carbonyl (C=O) groups is 1. The van der Waals surface area contributed by atoms with Crippen molar-refractivity contribution in [2.24, 2.45) is 5.10 Å². The zero-order valence-corrected chi connectivity index (χ0v) is 18.1. The molecule has 2 rings (SSSR count). The van der Waals surface area contributed by atoms with Crippen molar-refractivity contribution in [2.45, 2.75) is 52.4 Å². The van der Waals surface area contributed by atoms with Gasteiger partial charge in [-0.2, -0.15) is 5.10 Å². The maximum absolute atomic E-state index is 13.0. The molecule has 0 saturated heterocycles. The van der Waals surface area contributed by atoms with E-state index in [4.69, 9.17) is 0 Å². The summed E-state index contributed by atoms with van der Waals surface area (Å²) in [7, 11) is 1.52. The number of aromatic hydroxyl groups is 3. The molecule has 0 fully saturated rings. The number of rotatable bonds is 3. The molecule has 0 aromatic heterocycles. The second-order valence-electron chi connectivity index (χ2n) is 9.24. The van der Waals surface area contributed by atoms with Crippen molar-refractivity contribution >= 4 is 12.1 Å². The van der Waals surface area contributed by atoms with E-state index in [1.54, 1.807) is 12.1 Å². The molecule has 3 N–H and O–H groups in total. The summed E-state index contributed by atoms with van der Waals surface area (Å²) in [5.41, 5.74) is 1.50. The summed E-state index contributed by atoms with van der Waals surface area (Å²) in [4.78, 5) is 13.0. The number of nitrogens with zero attached hydrogens (tertiary/aromatic N) is 2. The number of hydrogen-bond acceptors (Lipinski definition) is 5. The molecule has 2 aromatic rings. The number of phenols is 3. The Kier molecular flexibility index (Phi) is 5.97. The molecule has 0 radical (unpaired) electrons. The molecule has 2 aromatic carbocycles. The summed E-state index contributed by atoms with van der Waals surface area (Å²) < 4.78 is 0. The Hall–Kier alpha value is -3.02. The minimum Gasteiger partial charge on any atom is -0.508 e. The number of hydrazone groups is 1. The molecule has 0 saturated carbocycles. The van der Waals surface area contributed by atoms with Gasteiger partial charge in [0.1, 0.15) is 17.2 Å². The van der Waals surface area contributed by atoms with E-state index in [1.807, 2.05) is 41.5 Å². The molecule has 0 unspecified atom stereocenters. The highest BCUT2D eigenvalue weighted by Gasteiger charge is 2.28. The average molecular weight is 399 g/mol. The molecule has 0 heterocycles. The van der Waals surface area contributed by atoms with Crippen molar-refractivity contribution in [3.8, 4) is 17.2 Å². The first kappa shape index (κ1) is 22.3. The van der Waals surface area contributed by atoms with Crippen LogP contribution >= 0.6 is 0 Å². The highest BCUT2D eigenvalue weighted by Crippen LogP contribution is 2.40. The fourth-order valence-corrected chi connectivity index (χ4v) is 2.93. The lowest BCUT2D eigenvalue weighted by atomic mass is 9.78. The van der Waals surface area contributed by atoms with E-state index < -0.39 is 0 Å². The minimum absolute atomic E-state index is 0.0578. The Morgan fingerprint density at radius 1 is 0.931 bits per heavy atom. The van der Waals surface area contributed by atoms with Crippen molar-refractivity contribution in [3.63, 3.8) is 0 Å². The Balaban J connectivity index is 2.44. The molecular formula is C23H30N2O4. The van der Waals surface area contributed by atoms with Crippen LogP contribution in [-0.2, 0) is 10.8 Å². The molecule has 6 heteroatoms. The lowest BCUT2D eigenvalue weighted by Gasteiger charge is -2.28. The largest absolute Gasteiger partial charge is 0.508 e. The van der Waals surface area contributed by atoms with E-state index in [1.165, 1.54) is 36.5 Å². The van der Waals surface area contributed by atoms with Gasteiger partial charge in [0.25, 0.3) is 5.91 Å². The van der Waals surface area contributed by atoms with Crippen LogP contribution in [0.4, 0.5) is 0 Å².